The topological polar surface area (TPSA) is 149 Å². The Morgan fingerprint density at radius 1 is 0.537 bits per heavy atom. The van der Waals surface area contributed by atoms with Crippen LogP contribution in [0.4, 0.5) is 0 Å². The second-order valence-corrected chi connectivity index (χ2v) is 16.5. The smallest absolute Gasteiger partial charge is 0.220 e. The average Bonchev–Trinajstić information content (AvgIpc) is 3.33. The summed E-state index contributed by atoms with van der Waals surface area (Å²) >= 11 is 0. The molecule has 7 unspecified atom stereocenters. The van der Waals surface area contributed by atoms with Crippen LogP contribution in [0.2, 0.25) is 0 Å². The summed E-state index contributed by atoms with van der Waals surface area (Å²) in [6.45, 7) is 3.35. The molecule has 374 valence electrons. The quantitative estimate of drug-likeness (QED) is 0.0264. The van der Waals surface area contributed by atoms with Gasteiger partial charge in [0.25, 0.3) is 0 Å². The minimum absolute atomic E-state index is 0.228. The molecule has 1 amide bonds. The molecular formula is C58H89NO8. The molecule has 1 aliphatic heterocycles. The fourth-order valence-electron chi connectivity index (χ4n) is 6.69. The minimum Gasteiger partial charge on any atom is -0.394 e. The lowest BCUT2D eigenvalue weighted by Crippen LogP contribution is -2.60. The van der Waals surface area contributed by atoms with Crippen molar-refractivity contribution in [1.29, 1.82) is 0 Å². The Kier molecular flexibility index (Phi) is 41.4. The average molecular weight is 928 g/mol. The first-order valence-corrected chi connectivity index (χ1v) is 25.2. The molecule has 0 spiro atoms. The van der Waals surface area contributed by atoms with Crippen LogP contribution in [0.3, 0.4) is 0 Å². The van der Waals surface area contributed by atoms with Crippen molar-refractivity contribution in [3.05, 3.63) is 158 Å². The maximum absolute atomic E-state index is 12.9. The third-order valence-corrected chi connectivity index (χ3v) is 10.7. The number of unbranched alkanes of at least 4 members (excludes halogenated alkanes) is 6. The largest absolute Gasteiger partial charge is 0.394 e. The van der Waals surface area contributed by atoms with E-state index in [1.54, 1.807) is 6.08 Å². The molecule has 9 heteroatoms. The molecule has 0 aromatic rings. The van der Waals surface area contributed by atoms with E-state index in [0.717, 1.165) is 109 Å². The van der Waals surface area contributed by atoms with E-state index in [0.29, 0.717) is 19.3 Å². The number of hydrogen-bond acceptors (Lipinski definition) is 8. The lowest BCUT2D eigenvalue weighted by Gasteiger charge is -2.40. The van der Waals surface area contributed by atoms with Crippen LogP contribution in [0.15, 0.2) is 158 Å². The summed E-state index contributed by atoms with van der Waals surface area (Å²) in [7, 11) is 0. The maximum atomic E-state index is 12.9. The van der Waals surface area contributed by atoms with Gasteiger partial charge in [-0.3, -0.25) is 4.79 Å². The maximum Gasteiger partial charge on any atom is 0.220 e. The highest BCUT2D eigenvalue weighted by molar-refractivity contribution is 5.76. The molecule has 1 rings (SSSR count). The van der Waals surface area contributed by atoms with Crippen LogP contribution >= 0.6 is 0 Å². The van der Waals surface area contributed by atoms with Crippen molar-refractivity contribution in [3.8, 4) is 0 Å². The molecule has 0 bridgehead atoms. The molecule has 0 radical (unpaired) electrons. The number of ether oxygens (including phenoxy) is 2. The zero-order valence-electron chi connectivity index (χ0n) is 41.1. The second kappa shape index (κ2) is 45.6. The van der Waals surface area contributed by atoms with E-state index >= 15 is 0 Å². The van der Waals surface area contributed by atoms with Gasteiger partial charge < -0.3 is 40.3 Å². The Labute approximate surface area is 405 Å². The van der Waals surface area contributed by atoms with Crippen LogP contribution < -0.4 is 5.32 Å². The summed E-state index contributed by atoms with van der Waals surface area (Å²) in [5, 5.41) is 54.0. The van der Waals surface area contributed by atoms with Gasteiger partial charge >= 0.3 is 0 Å². The van der Waals surface area contributed by atoms with Gasteiger partial charge in [0.15, 0.2) is 6.29 Å². The van der Waals surface area contributed by atoms with Gasteiger partial charge in [0.1, 0.15) is 24.4 Å². The molecular weight excluding hydrogens is 839 g/mol. The monoisotopic (exact) mass is 928 g/mol. The van der Waals surface area contributed by atoms with Crippen molar-refractivity contribution in [2.75, 3.05) is 13.2 Å². The van der Waals surface area contributed by atoms with Crippen molar-refractivity contribution in [2.45, 2.75) is 185 Å². The SMILES string of the molecule is C/C=C/CC/C=C/CC/C=C/C(O)C(COC1OC(CO)C(O)C(O)C1O)NC(=O)CCCCCC/C=C\C/C=C\C/C=C\C/C=C\C/C=C\C/C=C\C/C=C\C/C=C\C/C=C\C/C=C\CC. The van der Waals surface area contributed by atoms with E-state index in [9.17, 15) is 30.3 Å². The highest BCUT2D eigenvalue weighted by atomic mass is 16.7. The summed E-state index contributed by atoms with van der Waals surface area (Å²) in [4.78, 5) is 12.9. The molecule has 6 N–H and O–H groups in total. The van der Waals surface area contributed by atoms with E-state index in [2.05, 4.69) is 152 Å². The van der Waals surface area contributed by atoms with Crippen molar-refractivity contribution in [3.63, 3.8) is 0 Å². The molecule has 67 heavy (non-hydrogen) atoms. The number of nitrogens with one attached hydrogen (secondary N) is 1. The molecule has 0 aromatic heterocycles. The summed E-state index contributed by atoms with van der Waals surface area (Å²) in [5.41, 5.74) is 0. The second-order valence-electron chi connectivity index (χ2n) is 16.5. The fourth-order valence-corrected chi connectivity index (χ4v) is 6.69. The molecule has 1 heterocycles. The highest BCUT2D eigenvalue weighted by Gasteiger charge is 2.44. The fraction of sp³-hybridized carbons (Fsp3) is 0.534. The van der Waals surface area contributed by atoms with E-state index in [1.165, 1.54) is 0 Å². The van der Waals surface area contributed by atoms with Crippen molar-refractivity contribution >= 4 is 5.91 Å². The van der Waals surface area contributed by atoms with Gasteiger partial charge in [-0.1, -0.05) is 178 Å². The van der Waals surface area contributed by atoms with Gasteiger partial charge in [0.05, 0.1) is 25.4 Å². The van der Waals surface area contributed by atoms with Crippen LogP contribution in [0, 0.1) is 0 Å². The number of aliphatic hydroxyl groups is 5. The zero-order valence-corrected chi connectivity index (χ0v) is 41.1. The number of rotatable bonds is 39. The van der Waals surface area contributed by atoms with Crippen LogP contribution in [-0.4, -0.2) is 87.5 Å². The van der Waals surface area contributed by atoms with Gasteiger partial charge in [0, 0.05) is 6.42 Å². The van der Waals surface area contributed by atoms with E-state index in [1.807, 2.05) is 19.1 Å². The zero-order chi connectivity index (χ0) is 48.7. The third-order valence-electron chi connectivity index (χ3n) is 10.7. The summed E-state index contributed by atoms with van der Waals surface area (Å²) in [6.07, 6.45) is 66.2. The molecule has 1 saturated heterocycles. The molecule has 7 atom stereocenters. The lowest BCUT2D eigenvalue weighted by atomic mass is 9.99. The molecule has 0 aromatic carbocycles. The first-order valence-electron chi connectivity index (χ1n) is 25.2. The molecule has 1 fully saturated rings. The van der Waals surface area contributed by atoms with Crippen LogP contribution in [0.1, 0.15) is 142 Å². The molecule has 0 saturated carbocycles. The predicted molar refractivity (Wildman–Crippen MR) is 280 cm³/mol. The number of carbonyl (C=O) groups excluding carboxylic acids is 1. The van der Waals surface area contributed by atoms with Crippen LogP contribution in [-0.2, 0) is 14.3 Å². The Morgan fingerprint density at radius 2 is 0.955 bits per heavy atom. The molecule has 0 aliphatic carbocycles. The Balaban J connectivity index is 2.23. The van der Waals surface area contributed by atoms with Gasteiger partial charge in [0.2, 0.25) is 5.91 Å². The number of carbonyl (C=O) groups is 1. The Morgan fingerprint density at radius 3 is 1.42 bits per heavy atom. The van der Waals surface area contributed by atoms with Gasteiger partial charge in [-0.15, -0.1) is 0 Å². The molecule has 1 aliphatic rings. The number of amides is 1. The summed E-state index contributed by atoms with van der Waals surface area (Å²) < 4.78 is 11.1. The van der Waals surface area contributed by atoms with Crippen LogP contribution in [0.5, 0.6) is 0 Å². The standard InChI is InChI=1S/C58H89NO8/c1-3-5-7-9-11-13-14-15-16-17-18-19-20-21-22-23-24-25-26-27-28-29-30-31-32-33-34-35-36-37-38-40-42-44-46-48-54(62)59-51(52(61)47-45-43-41-39-12-10-8-6-4-2)50-66-58-57(65)56(64)55(63)53(49-60)67-58/h4-7,11-13,15-16,18-19,21-22,24-25,27-28,30-31,33-34,36-37,39,45,47,51-53,55-58,60-61,63-65H,3,8-10,14,17,20,23,26,29,32,35,38,40-44,46,48-50H2,1-2H3,(H,59,62)/b6-4+,7-5-,13-11-,16-15-,19-18-,22-21-,25-24-,28-27-,31-30-,34-33-,37-36-,39-12+,47-45+. The number of hydrogen-bond donors (Lipinski definition) is 6. The summed E-state index contributed by atoms with van der Waals surface area (Å²) in [6, 6.07) is -0.852. The Hall–Kier alpha value is -4.19. The van der Waals surface area contributed by atoms with Crippen molar-refractivity contribution in [1.82, 2.24) is 5.32 Å². The first-order chi connectivity index (χ1) is 32.8. The van der Waals surface area contributed by atoms with Crippen molar-refractivity contribution in [2.24, 2.45) is 0 Å². The highest BCUT2D eigenvalue weighted by Crippen LogP contribution is 2.22. The third kappa shape index (κ3) is 35.6. The summed E-state index contributed by atoms with van der Waals surface area (Å²) in [5.74, 6) is -0.228. The van der Waals surface area contributed by atoms with Gasteiger partial charge in [-0.25, -0.2) is 0 Å². The van der Waals surface area contributed by atoms with E-state index in [4.69, 9.17) is 9.47 Å². The first kappa shape index (κ1) is 60.8. The number of aliphatic hydroxyl groups excluding tert-OH is 5. The van der Waals surface area contributed by atoms with Gasteiger partial charge in [-0.05, 0) is 116 Å². The van der Waals surface area contributed by atoms with E-state index < -0.39 is 49.5 Å². The van der Waals surface area contributed by atoms with Crippen LogP contribution in [0.25, 0.3) is 0 Å². The minimum atomic E-state index is -1.59. The van der Waals surface area contributed by atoms with E-state index in [-0.39, 0.29) is 12.5 Å². The normalized spacial score (nSPS) is 21.1. The lowest BCUT2D eigenvalue weighted by molar-refractivity contribution is -0.302. The molecule has 9 nitrogen and oxygen atoms in total. The predicted octanol–water partition coefficient (Wildman–Crippen LogP) is 11.7. The van der Waals surface area contributed by atoms with Crippen molar-refractivity contribution < 1.29 is 39.8 Å². The number of allylic oxidation sites excluding steroid dienone is 25. The Bertz CT molecular complexity index is 1590. The van der Waals surface area contributed by atoms with Gasteiger partial charge in [-0.2, -0.15) is 0 Å².